The van der Waals surface area contributed by atoms with Crippen molar-refractivity contribution in [3.8, 4) is 11.6 Å². The second-order valence-electron chi connectivity index (χ2n) is 13.4. The first-order chi connectivity index (χ1) is 23.4. The average Bonchev–Trinajstić information content (AvgIpc) is 4.00. The van der Waals surface area contributed by atoms with Crippen LogP contribution in [-0.2, 0) is 24.4 Å². The van der Waals surface area contributed by atoms with Crippen LogP contribution in [-0.4, -0.2) is 83.6 Å². The van der Waals surface area contributed by atoms with E-state index in [2.05, 4.69) is 31.9 Å². The van der Waals surface area contributed by atoms with E-state index in [-0.39, 0.29) is 25.3 Å². The lowest BCUT2D eigenvalue weighted by Crippen LogP contribution is -2.58. The van der Waals surface area contributed by atoms with Gasteiger partial charge in [0.1, 0.15) is 29.3 Å². The zero-order valence-corrected chi connectivity index (χ0v) is 28.8. The number of amides is 3. The molecule has 49 heavy (non-hydrogen) atoms. The molecule has 3 heterocycles. The normalized spacial score (nSPS) is 24.2. The highest BCUT2D eigenvalue weighted by atomic mass is 32.2. The molecule has 2 aliphatic carbocycles. The van der Waals surface area contributed by atoms with Crippen LogP contribution in [0.2, 0.25) is 0 Å². The number of benzene rings is 1. The molecule has 260 valence electrons. The zero-order chi connectivity index (χ0) is 35.1. The summed E-state index contributed by atoms with van der Waals surface area (Å²) in [4.78, 5) is 52.1. The fourth-order valence-electron chi connectivity index (χ4n) is 6.63. The van der Waals surface area contributed by atoms with Gasteiger partial charge in [-0.05, 0) is 79.5 Å². The largest absolute Gasteiger partial charge is 0.497 e. The maximum absolute atomic E-state index is 14.1. The summed E-state index contributed by atoms with van der Waals surface area (Å²) in [5.74, 6) is -1.01. The van der Waals surface area contributed by atoms with E-state index in [0.29, 0.717) is 30.3 Å². The number of carbonyl (C=O) groups excluding carboxylic acids is 3. The molecule has 1 unspecified atom stereocenters. The summed E-state index contributed by atoms with van der Waals surface area (Å²) in [6.07, 6.45) is 5.56. The Balaban J connectivity index is 1.29. The van der Waals surface area contributed by atoms with E-state index in [4.69, 9.17) is 9.47 Å². The number of rotatable bonds is 13. The Morgan fingerprint density at radius 3 is 2.51 bits per heavy atom. The number of aryl methyl sites for hydroxylation is 1. The molecule has 0 spiro atoms. The SMILES string of the molecule is C=C[C@@H]1C[C@@]1(C(=O)NS(=O)(=O)C1CC1)N1C[C@H](Oc2nccc3cc(OC)ccc23)C[C@H]1C(=O)NC(=O)C(Nc1cc(C)ccn1)C(C)C. The van der Waals surface area contributed by atoms with E-state index in [0.717, 1.165) is 16.3 Å². The van der Waals surface area contributed by atoms with Crippen molar-refractivity contribution < 1.29 is 32.3 Å². The molecule has 6 rings (SSSR count). The highest BCUT2D eigenvalue weighted by Gasteiger charge is 2.67. The molecule has 2 saturated carbocycles. The van der Waals surface area contributed by atoms with E-state index in [9.17, 15) is 22.8 Å². The number of carbonyl (C=O) groups is 3. The van der Waals surface area contributed by atoms with E-state index < -0.39 is 62.6 Å². The van der Waals surface area contributed by atoms with Gasteiger partial charge in [0, 0.05) is 36.7 Å². The second kappa shape index (κ2) is 13.4. The predicted molar refractivity (Wildman–Crippen MR) is 183 cm³/mol. The Hall–Kier alpha value is -4.56. The third-order valence-corrected chi connectivity index (χ3v) is 11.4. The van der Waals surface area contributed by atoms with Crippen molar-refractivity contribution in [1.29, 1.82) is 0 Å². The van der Waals surface area contributed by atoms with Gasteiger partial charge in [-0.1, -0.05) is 19.9 Å². The molecule has 1 aromatic carbocycles. The number of hydrogen-bond donors (Lipinski definition) is 3. The number of fused-ring (bicyclic) bond motifs is 1. The predicted octanol–water partition coefficient (Wildman–Crippen LogP) is 3.10. The van der Waals surface area contributed by atoms with E-state index in [1.165, 1.54) is 0 Å². The maximum atomic E-state index is 14.1. The van der Waals surface area contributed by atoms with Gasteiger partial charge in [0.2, 0.25) is 27.7 Å². The second-order valence-corrected chi connectivity index (χ2v) is 15.4. The first-order valence-corrected chi connectivity index (χ1v) is 18.0. The number of nitrogens with zero attached hydrogens (tertiary/aromatic N) is 3. The monoisotopic (exact) mass is 690 g/mol. The molecule has 1 saturated heterocycles. The molecule has 14 heteroatoms. The summed E-state index contributed by atoms with van der Waals surface area (Å²) < 4.78 is 39.8. The van der Waals surface area contributed by atoms with E-state index in [1.807, 2.05) is 51.1 Å². The maximum Gasteiger partial charge on any atom is 0.254 e. The van der Waals surface area contributed by atoms with Gasteiger partial charge < -0.3 is 14.8 Å². The van der Waals surface area contributed by atoms with Crippen LogP contribution in [0.4, 0.5) is 5.82 Å². The lowest BCUT2D eigenvalue weighted by molar-refractivity contribution is -0.136. The van der Waals surface area contributed by atoms with Crippen molar-refractivity contribution in [2.75, 3.05) is 19.0 Å². The Labute approximate surface area is 285 Å². The Kier molecular flexibility index (Phi) is 9.38. The minimum atomic E-state index is -3.87. The summed E-state index contributed by atoms with van der Waals surface area (Å²) >= 11 is 0. The van der Waals surface area contributed by atoms with Gasteiger partial charge >= 0.3 is 0 Å². The van der Waals surface area contributed by atoms with Crippen molar-refractivity contribution in [2.45, 2.75) is 75.4 Å². The summed E-state index contributed by atoms with van der Waals surface area (Å²) in [7, 11) is -2.29. The van der Waals surface area contributed by atoms with Gasteiger partial charge in [-0.15, -0.1) is 6.58 Å². The Morgan fingerprint density at radius 1 is 1.10 bits per heavy atom. The standard InChI is InChI=1S/C35H42N6O7S/c1-6-23-18-35(23,34(44)40-49(45,46)26-8-9-26)41-19-25(48-33-27-10-7-24(47-5)16-22(27)12-14-37-33)17-28(41)31(42)39-32(43)30(20(2)3)38-29-15-21(4)11-13-36-29/h6-7,10-16,20,23,25-26,28,30H,1,8-9,17-19H2,2-5H3,(H,36,38)(H,40,44)(H,39,42,43)/t23-,25-,28+,30?,35-/m1/s1. The third kappa shape index (κ3) is 6.97. The molecule has 13 nitrogen and oxygen atoms in total. The minimum absolute atomic E-state index is 0.0980. The van der Waals surface area contributed by atoms with Crippen LogP contribution in [0.5, 0.6) is 11.6 Å². The number of nitrogens with one attached hydrogen (secondary N) is 3. The number of likely N-dealkylation sites (tertiary alicyclic amines) is 1. The number of sulfonamides is 1. The topological polar surface area (TPSA) is 169 Å². The van der Waals surface area contributed by atoms with Gasteiger partial charge in [-0.2, -0.15) is 0 Å². The van der Waals surface area contributed by atoms with Crippen molar-refractivity contribution in [1.82, 2.24) is 24.9 Å². The highest BCUT2D eigenvalue weighted by Crippen LogP contribution is 2.53. The highest BCUT2D eigenvalue weighted by molar-refractivity contribution is 7.91. The van der Waals surface area contributed by atoms with E-state index in [1.54, 1.807) is 36.5 Å². The fraction of sp³-hybridized carbons (Fsp3) is 0.457. The van der Waals surface area contributed by atoms with Crippen LogP contribution in [0, 0.1) is 18.8 Å². The van der Waals surface area contributed by atoms with Crippen LogP contribution in [0.3, 0.4) is 0 Å². The fourth-order valence-corrected chi connectivity index (χ4v) is 7.99. The Morgan fingerprint density at radius 2 is 1.86 bits per heavy atom. The number of methoxy groups -OCH3 is 1. The smallest absolute Gasteiger partial charge is 0.254 e. The molecule has 3 N–H and O–H groups in total. The van der Waals surface area contributed by atoms with Crippen molar-refractivity contribution in [3.05, 3.63) is 67.0 Å². The number of hydrogen-bond acceptors (Lipinski definition) is 11. The lowest BCUT2D eigenvalue weighted by Gasteiger charge is -2.32. The third-order valence-electron chi connectivity index (χ3n) is 9.57. The van der Waals surface area contributed by atoms with Crippen LogP contribution in [0.15, 0.2) is 61.4 Å². The van der Waals surface area contributed by atoms with Crippen LogP contribution in [0.1, 0.15) is 45.1 Å². The van der Waals surface area contributed by atoms with Crippen LogP contribution < -0.4 is 24.8 Å². The minimum Gasteiger partial charge on any atom is -0.497 e. The molecule has 0 bridgehead atoms. The van der Waals surface area contributed by atoms with Gasteiger partial charge in [-0.3, -0.25) is 29.3 Å². The van der Waals surface area contributed by atoms with Crippen LogP contribution >= 0.6 is 0 Å². The average molecular weight is 691 g/mol. The molecule has 1 aliphatic heterocycles. The molecule has 5 atom stereocenters. The van der Waals surface area contributed by atoms with Crippen LogP contribution in [0.25, 0.3) is 10.8 Å². The molecule has 2 aromatic heterocycles. The first-order valence-electron chi connectivity index (χ1n) is 16.4. The Bertz CT molecular complexity index is 1900. The van der Waals surface area contributed by atoms with Crippen molar-refractivity contribution >= 4 is 44.3 Å². The van der Waals surface area contributed by atoms with Gasteiger partial charge in [-0.25, -0.2) is 18.4 Å². The van der Waals surface area contributed by atoms with Gasteiger partial charge in [0.15, 0.2) is 0 Å². The molecular formula is C35H42N6O7S. The first kappa shape index (κ1) is 34.3. The number of imide groups is 1. The van der Waals surface area contributed by atoms with Crippen molar-refractivity contribution in [2.24, 2.45) is 11.8 Å². The molecule has 3 aliphatic rings. The molecule has 3 fully saturated rings. The number of anilines is 1. The molecule has 3 amide bonds. The quantitative estimate of drug-likeness (QED) is 0.225. The molecular weight excluding hydrogens is 648 g/mol. The molecule has 0 radical (unpaired) electrons. The van der Waals surface area contributed by atoms with Crippen molar-refractivity contribution in [3.63, 3.8) is 0 Å². The number of ether oxygens (including phenoxy) is 2. The summed E-state index contributed by atoms with van der Waals surface area (Å²) in [6.45, 7) is 9.60. The lowest BCUT2D eigenvalue weighted by atomic mass is 10.0. The van der Waals surface area contributed by atoms with Gasteiger partial charge in [0.05, 0.1) is 18.4 Å². The zero-order valence-electron chi connectivity index (χ0n) is 28.0. The summed E-state index contributed by atoms with van der Waals surface area (Å²) in [5.41, 5.74) is -0.411. The summed E-state index contributed by atoms with van der Waals surface area (Å²) in [6, 6.07) is 9.17. The van der Waals surface area contributed by atoms with E-state index >= 15 is 0 Å². The van der Waals surface area contributed by atoms with Gasteiger partial charge in [0.25, 0.3) is 5.91 Å². The summed E-state index contributed by atoms with van der Waals surface area (Å²) in [5, 5.41) is 6.66. The molecule has 3 aromatic rings. The number of aromatic nitrogens is 2. The number of pyridine rings is 2.